The molecule has 1 saturated carbocycles. The third kappa shape index (κ3) is 1.37. The highest BCUT2D eigenvalue weighted by Gasteiger charge is 2.75. The molecule has 2 bridgehead atoms. The van der Waals surface area contributed by atoms with Crippen LogP contribution in [0.5, 0.6) is 0 Å². The Kier molecular flexibility index (Phi) is 2.53. The second-order valence-corrected chi connectivity index (χ2v) is 6.49. The second kappa shape index (κ2) is 3.84. The molecule has 2 atom stereocenters. The molecular formula is C16H19NO3. The van der Waals surface area contributed by atoms with Crippen LogP contribution in [0, 0.1) is 10.8 Å². The predicted octanol–water partition coefficient (Wildman–Crippen LogP) is 2.75. The summed E-state index contributed by atoms with van der Waals surface area (Å²) in [7, 11) is 0. The van der Waals surface area contributed by atoms with E-state index >= 15 is 0 Å². The zero-order chi connectivity index (χ0) is 14.6. The summed E-state index contributed by atoms with van der Waals surface area (Å²) >= 11 is 0. The van der Waals surface area contributed by atoms with Crippen molar-refractivity contribution in [2.75, 3.05) is 5.32 Å². The van der Waals surface area contributed by atoms with E-state index in [-0.39, 0.29) is 11.9 Å². The predicted molar refractivity (Wildman–Crippen MR) is 75.0 cm³/mol. The van der Waals surface area contributed by atoms with Crippen molar-refractivity contribution in [3.05, 3.63) is 30.3 Å². The molecule has 4 nitrogen and oxygen atoms in total. The van der Waals surface area contributed by atoms with Crippen LogP contribution < -0.4 is 5.32 Å². The highest BCUT2D eigenvalue weighted by Crippen LogP contribution is 2.65. The molecular weight excluding hydrogens is 254 g/mol. The fourth-order valence-corrected chi connectivity index (χ4v) is 3.50. The summed E-state index contributed by atoms with van der Waals surface area (Å²) in [4.78, 5) is 24.8. The number of carbonyl (C=O) groups excluding carboxylic acids is 2. The van der Waals surface area contributed by atoms with Gasteiger partial charge >= 0.3 is 5.97 Å². The molecule has 0 radical (unpaired) electrons. The Labute approximate surface area is 118 Å². The van der Waals surface area contributed by atoms with Crippen molar-refractivity contribution >= 4 is 17.6 Å². The van der Waals surface area contributed by atoms with Crippen LogP contribution in [0.3, 0.4) is 0 Å². The van der Waals surface area contributed by atoms with E-state index in [9.17, 15) is 9.59 Å². The van der Waals surface area contributed by atoms with Gasteiger partial charge in [0, 0.05) is 11.1 Å². The molecule has 1 saturated heterocycles. The minimum absolute atomic E-state index is 0.219. The van der Waals surface area contributed by atoms with E-state index in [1.54, 1.807) is 0 Å². The fourth-order valence-electron chi connectivity index (χ4n) is 3.50. The van der Waals surface area contributed by atoms with Gasteiger partial charge in [-0.25, -0.2) is 0 Å². The average Bonchev–Trinajstić information content (AvgIpc) is 2.70. The van der Waals surface area contributed by atoms with E-state index in [1.807, 2.05) is 51.1 Å². The molecule has 1 aromatic carbocycles. The number of hydrogen-bond acceptors (Lipinski definition) is 3. The number of fused-ring (bicyclic) bond motifs is 2. The molecule has 4 heteroatoms. The van der Waals surface area contributed by atoms with Gasteiger partial charge in [0.1, 0.15) is 0 Å². The van der Waals surface area contributed by atoms with Crippen LogP contribution >= 0.6 is 0 Å². The quantitative estimate of drug-likeness (QED) is 0.843. The van der Waals surface area contributed by atoms with Crippen LogP contribution in [0.2, 0.25) is 0 Å². The lowest BCUT2D eigenvalue weighted by Gasteiger charge is -2.35. The number of carbonyl (C=O) groups is 2. The number of rotatable bonds is 2. The highest BCUT2D eigenvalue weighted by atomic mass is 16.6. The van der Waals surface area contributed by atoms with Gasteiger partial charge in [-0.3, -0.25) is 9.59 Å². The average molecular weight is 273 g/mol. The van der Waals surface area contributed by atoms with Crippen LogP contribution in [0.1, 0.15) is 33.6 Å². The molecule has 1 heterocycles. The van der Waals surface area contributed by atoms with E-state index < -0.39 is 16.4 Å². The maximum Gasteiger partial charge on any atom is 0.313 e. The normalized spacial score (nSPS) is 33.9. The van der Waals surface area contributed by atoms with Crippen LogP contribution in [0.15, 0.2) is 30.3 Å². The third-order valence-corrected chi connectivity index (χ3v) is 5.48. The number of ether oxygens (including phenoxy) is 1. The molecule has 2 unspecified atom stereocenters. The smallest absolute Gasteiger partial charge is 0.313 e. The molecule has 1 aliphatic carbocycles. The van der Waals surface area contributed by atoms with Gasteiger partial charge in [-0.2, -0.15) is 0 Å². The van der Waals surface area contributed by atoms with Gasteiger partial charge in [-0.05, 0) is 31.9 Å². The number of anilines is 1. The van der Waals surface area contributed by atoms with E-state index in [2.05, 4.69) is 5.32 Å². The van der Waals surface area contributed by atoms with E-state index in [0.717, 1.165) is 5.69 Å². The summed E-state index contributed by atoms with van der Waals surface area (Å²) in [5, 5.41) is 2.88. The van der Waals surface area contributed by atoms with Gasteiger partial charge in [-0.15, -0.1) is 0 Å². The molecule has 106 valence electrons. The molecule has 1 aromatic rings. The van der Waals surface area contributed by atoms with Crippen molar-refractivity contribution in [3.63, 3.8) is 0 Å². The molecule has 1 amide bonds. The molecule has 1 aliphatic heterocycles. The van der Waals surface area contributed by atoms with Crippen molar-refractivity contribution in [3.8, 4) is 0 Å². The SMILES string of the molecule is CC12CCC(C(=O)Nc3ccccc3)(OC1=O)C2(C)C. The van der Waals surface area contributed by atoms with Crippen molar-refractivity contribution in [2.24, 2.45) is 10.8 Å². The minimum atomic E-state index is -1.05. The number of hydrogen-bond donors (Lipinski definition) is 1. The maximum atomic E-state index is 12.7. The first-order chi connectivity index (χ1) is 9.33. The number of esters is 1. The van der Waals surface area contributed by atoms with Gasteiger partial charge < -0.3 is 10.1 Å². The summed E-state index contributed by atoms with van der Waals surface area (Å²) in [5.74, 6) is -0.472. The molecule has 2 fully saturated rings. The van der Waals surface area contributed by atoms with Gasteiger partial charge in [0.2, 0.25) is 0 Å². The Hall–Kier alpha value is -1.84. The van der Waals surface area contributed by atoms with Crippen molar-refractivity contribution < 1.29 is 14.3 Å². The minimum Gasteiger partial charge on any atom is -0.448 e. The molecule has 0 spiro atoms. The number of benzene rings is 1. The Morgan fingerprint density at radius 3 is 2.30 bits per heavy atom. The summed E-state index contributed by atoms with van der Waals surface area (Å²) < 4.78 is 5.55. The monoisotopic (exact) mass is 273 g/mol. The van der Waals surface area contributed by atoms with E-state index in [0.29, 0.717) is 12.8 Å². The lowest BCUT2D eigenvalue weighted by Crippen LogP contribution is -2.50. The zero-order valence-corrected chi connectivity index (χ0v) is 12.0. The van der Waals surface area contributed by atoms with Crippen LogP contribution in [-0.4, -0.2) is 17.5 Å². The third-order valence-electron chi connectivity index (χ3n) is 5.48. The lowest BCUT2D eigenvalue weighted by atomic mass is 9.66. The summed E-state index contributed by atoms with van der Waals surface area (Å²) in [6.45, 7) is 5.81. The largest absolute Gasteiger partial charge is 0.448 e. The number of amides is 1. The lowest BCUT2D eigenvalue weighted by molar-refractivity contribution is -0.165. The van der Waals surface area contributed by atoms with Gasteiger partial charge in [0.15, 0.2) is 5.60 Å². The second-order valence-electron chi connectivity index (χ2n) is 6.49. The first-order valence-electron chi connectivity index (χ1n) is 6.93. The number of nitrogens with one attached hydrogen (secondary N) is 1. The Morgan fingerprint density at radius 1 is 1.15 bits per heavy atom. The summed E-state index contributed by atoms with van der Waals surface area (Å²) in [6, 6.07) is 9.26. The summed E-state index contributed by atoms with van der Waals surface area (Å²) in [5.41, 5.74) is -1.40. The van der Waals surface area contributed by atoms with Gasteiger partial charge in [0.25, 0.3) is 5.91 Å². The van der Waals surface area contributed by atoms with Crippen LogP contribution in [-0.2, 0) is 14.3 Å². The van der Waals surface area contributed by atoms with E-state index in [4.69, 9.17) is 4.74 Å². The van der Waals surface area contributed by atoms with Crippen molar-refractivity contribution in [1.29, 1.82) is 0 Å². The van der Waals surface area contributed by atoms with Crippen LogP contribution in [0.25, 0.3) is 0 Å². The molecule has 0 aromatic heterocycles. The van der Waals surface area contributed by atoms with Crippen LogP contribution in [0.4, 0.5) is 5.69 Å². The fraction of sp³-hybridized carbons (Fsp3) is 0.500. The molecule has 1 N–H and O–H groups in total. The summed E-state index contributed by atoms with van der Waals surface area (Å²) in [6.07, 6.45) is 1.28. The molecule has 3 rings (SSSR count). The molecule has 20 heavy (non-hydrogen) atoms. The topological polar surface area (TPSA) is 55.4 Å². The maximum absolute atomic E-state index is 12.7. The Balaban J connectivity index is 1.94. The first kappa shape index (κ1) is 13.2. The zero-order valence-electron chi connectivity index (χ0n) is 12.0. The van der Waals surface area contributed by atoms with Gasteiger partial charge in [0.05, 0.1) is 5.41 Å². The van der Waals surface area contributed by atoms with E-state index in [1.165, 1.54) is 0 Å². The van der Waals surface area contributed by atoms with Crippen molar-refractivity contribution in [1.82, 2.24) is 0 Å². The standard InChI is InChI=1S/C16H19NO3/c1-14(2)15(3)9-10-16(14,20-13(15)19)12(18)17-11-7-5-4-6-8-11/h4-8H,9-10H2,1-3H3,(H,17,18). The Bertz CT molecular complexity index is 581. The Morgan fingerprint density at radius 2 is 1.80 bits per heavy atom. The molecule has 2 aliphatic rings. The first-order valence-corrected chi connectivity index (χ1v) is 6.93. The number of para-hydroxylation sites is 1. The highest BCUT2D eigenvalue weighted by molar-refractivity contribution is 6.03. The van der Waals surface area contributed by atoms with Gasteiger partial charge in [-0.1, -0.05) is 32.0 Å². The van der Waals surface area contributed by atoms with Crippen molar-refractivity contribution in [2.45, 2.75) is 39.2 Å².